The van der Waals surface area contributed by atoms with Gasteiger partial charge in [-0.25, -0.2) is 0 Å². The minimum absolute atomic E-state index is 0.199. The number of Topliss-reactive ketones (excluding diaryl/α,β-unsaturated/α-hetero) is 1. The summed E-state index contributed by atoms with van der Waals surface area (Å²) in [5.41, 5.74) is 2.24. The van der Waals surface area contributed by atoms with Crippen molar-refractivity contribution in [1.29, 1.82) is 0 Å². The van der Waals surface area contributed by atoms with Crippen molar-refractivity contribution in [2.45, 2.75) is 19.8 Å². The summed E-state index contributed by atoms with van der Waals surface area (Å²) in [6, 6.07) is 6.03. The van der Waals surface area contributed by atoms with Crippen LogP contribution in [0.5, 0.6) is 0 Å². The molecule has 0 fully saturated rings. The second kappa shape index (κ2) is 5.11. The lowest BCUT2D eigenvalue weighted by molar-refractivity contribution is -0.117. The molecule has 0 spiro atoms. The molecule has 1 rings (SSSR count). The van der Waals surface area contributed by atoms with Crippen LogP contribution in [0.4, 0.5) is 0 Å². The fourth-order valence-corrected chi connectivity index (χ4v) is 1.87. The van der Waals surface area contributed by atoms with Crippen LogP contribution in [-0.2, 0) is 11.2 Å². The van der Waals surface area contributed by atoms with Crippen molar-refractivity contribution in [3.05, 3.63) is 46.5 Å². The molecule has 0 radical (unpaired) electrons. The lowest BCUT2D eigenvalue weighted by atomic mass is 10.1. The molecule has 74 valence electrons. The van der Waals surface area contributed by atoms with Gasteiger partial charge in [-0.2, -0.15) is 0 Å². The molecule has 0 aliphatic carbocycles. The molecule has 0 unspecified atom stereocenters. The zero-order chi connectivity index (χ0) is 10.6. The third-order valence-electron chi connectivity index (χ3n) is 1.97. The normalized spacial score (nSPS) is 9.86. The summed E-state index contributed by atoms with van der Waals surface area (Å²) < 4.78 is 1.01. The minimum atomic E-state index is 0.199. The fourth-order valence-electron chi connectivity index (χ4n) is 1.24. The van der Waals surface area contributed by atoms with Gasteiger partial charge in [-0.05, 0) is 24.1 Å². The highest BCUT2D eigenvalue weighted by atomic mass is 79.9. The van der Waals surface area contributed by atoms with Gasteiger partial charge in [0, 0.05) is 17.3 Å². The number of carbonyl (C=O) groups excluding carboxylic acids is 1. The molecule has 0 aromatic heterocycles. The van der Waals surface area contributed by atoms with Gasteiger partial charge in [0.25, 0.3) is 0 Å². The standard InChI is InChI=1S/C12H13BrO/c1-3-4-11(14)8-10-6-5-9(2)7-12(10)13/h3,5-7H,1,4,8H2,2H3. The Hall–Kier alpha value is -0.890. The van der Waals surface area contributed by atoms with Gasteiger partial charge in [-0.1, -0.05) is 34.1 Å². The largest absolute Gasteiger partial charge is 0.299 e. The first kappa shape index (κ1) is 11.2. The number of ketones is 1. The molecule has 1 nitrogen and oxygen atoms in total. The van der Waals surface area contributed by atoms with Crippen molar-refractivity contribution in [3.8, 4) is 0 Å². The SMILES string of the molecule is C=CCC(=O)Cc1ccc(C)cc1Br. The Morgan fingerprint density at radius 2 is 2.29 bits per heavy atom. The Balaban J connectivity index is 2.76. The molecule has 0 amide bonds. The van der Waals surface area contributed by atoms with E-state index < -0.39 is 0 Å². The van der Waals surface area contributed by atoms with E-state index in [-0.39, 0.29) is 5.78 Å². The molecule has 0 aliphatic heterocycles. The maximum absolute atomic E-state index is 11.4. The zero-order valence-electron chi connectivity index (χ0n) is 8.22. The van der Waals surface area contributed by atoms with Gasteiger partial charge in [0.2, 0.25) is 0 Å². The van der Waals surface area contributed by atoms with Gasteiger partial charge in [0.15, 0.2) is 0 Å². The van der Waals surface area contributed by atoms with Crippen molar-refractivity contribution < 1.29 is 4.79 Å². The molecule has 0 bridgehead atoms. The van der Waals surface area contributed by atoms with Crippen LogP contribution in [-0.4, -0.2) is 5.78 Å². The molecule has 1 aromatic carbocycles. The van der Waals surface area contributed by atoms with Gasteiger partial charge in [0.05, 0.1) is 0 Å². The van der Waals surface area contributed by atoms with Gasteiger partial charge in [-0.3, -0.25) is 4.79 Å². The number of carbonyl (C=O) groups is 1. The van der Waals surface area contributed by atoms with Gasteiger partial charge >= 0.3 is 0 Å². The average Bonchev–Trinajstić information content (AvgIpc) is 2.10. The third-order valence-corrected chi connectivity index (χ3v) is 2.71. The number of hydrogen-bond acceptors (Lipinski definition) is 1. The summed E-state index contributed by atoms with van der Waals surface area (Å²) in [5, 5.41) is 0. The van der Waals surface area contributed by atoms with Gasteiger partial charge in [-0.15, -0.1) is 6.58 Å². The molecule has 0 saturated carbocycles. The second-order valence-electron chi connectivity index (χ2n) is 3.30. The van der Waals surface area contributed by atoms with Crippen molar-refractivity contribution in [3.63, 3.8) is 0 Å². The number of allylic oxidation sites excluding steroid dienone is 1. The number of aryl methyl sites for hydroxylation is 1. The number of hydrogen-bond donors (Lipinski definition) is 0. The van der Waals surface area contributed by atoms with Crippen LogP contribution in [0.15, 0.2) is 35.3 Å². The topological polar surface area (TPSA) is 17.1 Å². The summed E-state index contributed by atoms with van der Waals surface area (Å²) in [6.45, 7) is 5.57. The molecule has 2 heteroatoms. The summed E-state index contributed by atoms with van der Waals surface area (Å²) in [5.74, 6) is 0.199. The van der Waals surface area contributed by atoms with Gasteiger partial charge in [0.1, 0.15) is 5.78 Å². The Bertz CT molecular complexity index is 355. The van der Waals surface area contributed by atoms with Crippen LogP contribution in [0.3, 0.4) is 0 Å². The van der Waals surface area contributed by atoms with Gasteiger partial charge < -0.3 is 0 Å². The third kappa shape index (κ3) is 3.11. The van der Waals surface area contributed by atoms with Crippen molar-refractivity contribution >= 4 is 21.7 Å². The van der Waals surface area contributed by atoms with E-state index in [1.165, 1.54) is 5.56 Å². The van der Waals surface area contributed by atoms with Crippen LogP contribution in [0.2, 0.25) is 0 Å². The van der Waals surface area contributed by atoms with E-state index >= 15 is 0 Å². The Kier molecular flexibility index (Phi) is 4.08. The highest BCUT2D eigenvalue weighted by Crippen LogP contribution is 2.19. The predicted molar refractivity (Wildman–Crippen MR) is 62.4 cm³/mol. The summed E-state index contributed by atoms with van der Waals surface area (Å²) >= 11 is 3.45. The summed E-state index contributed by atoms with van der Waals surface area (Å²) in [7, 11) is 0. The molecule has 0 saturated heterocycles. The van der Waals surface area contributed by atoms with E-state index in [9.17, 15) is 4.79 Å². The fraction of sp³-hybridized carbons (Fsp3) is 0.250. The smallest absolute Gasteiger partial charge is 0.141 e. The van der Waals surface area contributed by atoms with E-state index in [1.807, 2.05) is 25.1 Å². The van der Waals surface area contributed by atoms with E-state index in [2.05, 4.69) is 22.5 Å². The van der Waals surface area contributed by atoms with E-state index in [0.717, 1.165) is 10.0 Å². The zero-order valence-corrected chi connectivity index (χ0v) is 9.80. The quantitative estimate of drug-likeness (QED) is 0.751. The molecule has 0 aliphatic rings. The highest BCUT2D eigenvalue weighted by molar-refractivity contribution is 9.10. The van der Waals surface area contributed by atoms with Crippen LogP contribution >= 0.6 is 15.9 Å². The number of benzene rings is 1. The van der Waals surface area contributed by atoms with E-state index in [4.69, 9.17) is 0 Å². The first-order valence-electron chi connectivity index (χ1n) is 4.51. The number of rotatable bonds is 4. The maximum Gasteiger partial charge on any atom is 0.141 e. The first-order valence-corrected chi connectivity index (χ1v) is 5.30. The molecule has 0 N–H and O–H groups in total. The number of halogens is 1. The monoisotopic (exact) mass is 252 g/mol. The van der Waals surface area contributed by atoms with E-state index in [1.54, 1.807) is 6.08 Å². The molecular weight excluding hydrogens is 240 g/mol. The molecular formula is C12H13BrO. The Labute approximate surface area is 93.0 Å². The first-order chi connectivity index (χ1) is 6.63. The molecule has 14 heavy (non-hydrogen) atoms. The van der Waals surface area contributed by atoms with Crippen molar-refractivity contribution in [2.24, 2.45) is 0 Å². The Morgan fingerprint density at radius 3 is 2.86 bits per heavy atom. The predicted octanol–water partition coefficient (Wildman–Crippen LogP) is 3.45. The van der Waals surface area contributed by atoms with Crippen LogP contribution in [0.1, 0.15) is 17.5 Å². The second-order valence-corrected chi connectivity index (χ2v) is 4.16. The highest BCUT2D eigenvalue weighted by Gasteiger charge is 2.05. The molecule has 0 atom stereocenters. The van der Waals surface area contributed by atoms with Crippen molar-refractivity contribution in [2.75, 3.05) is 0 Å². The summed E-state index contributed by atoms with van der Waals surface area (Å²) in [4.78, 5) is 11.4. The Morgan fingerprint density at radius 1 is 1.57 bits per heavy atom. The average molecular weight is 253 g/mol. The molecule has 0 heterocycles. The minimum Gasteiger partial charge on any atom is -0.299 e. The van der Waals surface area contributed by atoms with Crippen LogP contribution in [0, 0.1) is 6.92 Å². The van der Waals surface area contributed by atoms with Crippen LogP contribution in [0.25, 0.3) is 0 Å². The maximum atomic E-state index is 11.4. The molecule has 1 aromatic rings. The van der Waals surface area contributed by atoms with Crippen molar-refractivity contribution in [1.82, 2.24) is 0 Å². The van der Waals surface area contributed by atoms with E-state index in [0.29, 0.717) is 12.8 Å². The lowest BCUT2D eigenvalue weighted by Crippen LogP contribution is -2.01. The summed E-state index contributed by atoms with van der Waals surface area (Å²) in [6.07, 6.45) is 2.57. The van der Waals surface area contributed by atoms with Crippen LogP contribution < -0.4 is 0 Å². The lowest BCUT2D eigenvalue weighted by Gasteiger charge is -2.03.